The van der Waals surface area contributed by atoms with Gasteiger partial charge in [0.05, 0.1) is 11.1 Å². The van der Waals surface area contributed by atoms with E-state index in [1.807, 2.05) is 13.0 Å². The van der Waals surface area contributed by atoms with E-state index in [1.165, 1.54) is 24.3 Å². The highest BCUT2D eigenvalue weighted by atomic mass is 19.1. The summed E-state index contributed by atoms with van der Waals surface area (Å²) in [5.74, 6) is -3.47. The number of carboxylic acids is 1. The minimum atomic E-state index is -1.13. The number of nitrogens with two attached hydrogens (primary N) is 1. The highest BCUT2D eigenvalue weighted by Crippen LogP contribution is 2.39. The van der Waals surface area contributed by atoms with Crippen molar-refractivity contribution in [3.8, 4) is 11.1 Å². The van der Waals surface area contributed by atoms with E-state index in [1.54, 1.807) is 56.3 Å². The predicted octanol–water partition coefficient (Wildman–Crippen LogP) is 5.63. The first kappa shape index (κ1) is 29.0. The molecule has 4 aromatic carbocycles. The number of carbonyl (C=O) groups excluding carboxylic acids is 3. The van der Waals surface area contributed by atoms with Gasteiger partial charge >= 0.3 is 5.97 Å². The van der Waals surface area contributed by atoms with Crippen molar-refractivity contribution in [2.75, 3.05) is 5.32 Å². The number of aromatic amines is 1. The summed E-state index contributed by atoms with van der Waals surface area (Å²) in [5.41, 5.74) is 10.4. The molecule has 1 aromatic heterocycles. The number of rotatable bonds is 8. The van der Waals surface area contributed by atoms with Gasteiger partial charge in [-0.15, -0.1) is 0 Å². The number of aromatic nitrogens is 1. The lowest BCUT2D eigenvalue weighted by Gasteiger charge is -2.17. The Kier molecular flexibility index (Phi) is 7.69. The van der Waals surface area contributed by atoms with Gasteiger partial charge in [-0.1, -0.05) is 38.1 Å². The molecule has 218 valence electrons. The number of benzene rings is 4. The van der Waals surface area contributed by atoms with Crippen molar-refractivity contribution in [2.24, 2.45) is 11.7 Å². The Labute approximate surface area is 245 Å². The molecule has 0 fully saturated rings. The fourth-order valence-corrected chi connectivity index (χ4v) is 5.18. The lowest BCUT2D eigenvalue weighted by atomic mass is 9.93. The van der Waals surface area contributed by atoms with Gasteiger partial charge in [0.15, 0.2) is 0 Å². The van der Waals surface area contributed by atoms with Crippen molar-refractivity contribution in [1.29, 1.82) is 0 Å². The van der Waals surface area contributed by atoms with Crippen LogP contribution in [-0.2, 0) is 4.79 Å². The molecule has 0 bridgehead atoms. The first-order chi connectivity index (χ1) is 20.5. The zero-order valence-corrected chi connectivity index (χ0v) is 23.6. The standard InChI is InChI=1S/C33H29FN4O5/c1-16(2)28(33(42)43)38-32(41)19-9-12-23-26(15-19)36-29-24(30(35)39)14-13-22(27(23)29)21-5-4-6-25(17(21)3)37-31(40)18-7-10-20(34)11-8-18/h4-16,28,36H,1-3H3,(H2,35,39)(H,37,40)(H,38,41)(H,42,43). The summed E-state index contributed by atoms with van der Waals surface area (Å²) in [6.07, 6.45) is 0. The molecule has 5 aromatic rings. The smallest absolute Gasteiger partial charge is 0.326 e. The second kappa shape index (κ2) is 11.4. The maximum atomic E-state index is 13.3. The minimum Gasteiger partial charge on any atom is -0.480 e. The third kappa shape index (κ3) is 5.54. The Morgan fingerprint density at radius 2 is 1.58 bits per heavy atom. The summed E-state index contributed by atoms with van der Waals surface area (Å²) in [6, 6.07) is 18.0. The third-order valence-corrected chi connectivity index (χ3v) is 7.48. The molecule has 5 rings (SSSR count). The molecule has 6 N–H and O–H groups in total. The van der Waals surface area contributed by atoms with Gasteiger partial charge in [0.1, 0.15) is 11.9 Å². The van der Waals surface area contributed by atoms with E-state index < -0.39 is 35.5 Å². The van der Waals surface area contributed by atoms with Gasteiger partial charge in [-0.3, -0.25) is 14.4 Å². The number of H-pyrrole nitrogens is 1. The molecule has 0 radical (unpaired) electrons. The van der Waals surface area contributed by atoms with Crippen LogP contribution in [0.4, 0.5) is 10.1 Å². The molecule has 1 unspecified atom stereocenters. The van der Waals surface area contributed by atoms with E-state index >= 15 is 0 Å². The second-order valence-electron chi connectivity index (χ2n) is 10.6. The molecule has 0 spiro atoms. The molecule has 10 heteroatoms. The molecule has 0 aliphatic heterocycles. The van der Waals surface area contributed by atoms with Crippen molar-refractivity contribution in [3.63, 3.8) is 0 Å². The molecule has 43 heavy (non-hydrogen) atoms. The summed E-state index contributed by atoms with van der Waals surface area (Å²) in [5, 5.41) is 16.3. The Morgan fingerprint density at radius 1 is 0.884 bits per heavy atom. The van der Waals surface area contributed by atoms with Crippen molar-refractivity contribution in [3.05, 3.63) is 101 Å². The number of nitrogens with one attached hydrogen (secondary N) is 3. The monoisotopic (exact) mass is 580 g/mol. The molecule has 0 aliphatic carbocycles. The number of amides is 3. The number of primary amides is 1. The van der Waals surface area contributed by atoms with E-state index in [9.17, 15) is 28.7 Å². The summed E-state index contributed by atoms with van der Waals surface area (Å²) < 4.78 is 13.3. The molecular weight excluding hydrogens is 551 g/mol. The van der Waals surface area contributed by atoms with Crippen LogP contribution in [0.25, 0.3) is 32.9 Å². The number of carbonyl (C=O) groups is 4. The van der Waals surface area contributed by atoms with Crippen LogP contribution in [0.2, 0.25) is 0 Å². The molecule has 0 aliphatic rings. The van der Waals surface area contributed by atoms with Crippen LogP contribution in [0.5, 0.6) is 0 Å². The van der Waals surface area contributed by atoms with Crippen molar-refractivity contribution < 1.29 is 28.7 Å². The Hall–Kier alpha value is -5.51. The number of carboxylic acid groups (broad SMARTS) is 1. The quantitative estimate of drug-likeness (QED) is 0.161. The highest BCUT2D eigenvalue weighted by molar-refractivity contribution is 6.21. The average Bonchev–Trinajstić information content (AvgIpc) is 3.35. The maximum Gasteiger partial charge on any atom is 0.326 e. The number of hydrogen-bond donors (Lipinski definition) is 5. The van der Waals surface area contributed by atoms with Crippen LogP contribution < -0.4 is 16.4 Å². The van der Waals surface area contributed by atoms with E-state index in [0.717, 1.165) is 16.7 Å². The zero-order chi connectivity index (χ0) is 31.0. The molecule has 1 atom stereocenters. The second-order valence-corrected chi connectivity index (χ2v) is 10.6. The molecule has 0 saturated heterocycles. The molecule has 1 heterocycles. The normalized spacial score (nSPS) is 11.9. The van der Waals surface area contributed by atoms with Crippen LogP contribution in [0, 0.1) is 18.7 Å². The average molecular weight is 581 g/mol. The Morgan fingerprint density at radius 3 is 2.23 bits per heavy atom. The van der Waals surface area contributed by atoms with Gasteiger partial charge in [0.2, 0.25) is 0 Å². The number of halogens is 1. The lowest BCUT2D eigenvalue weighted by Crippen LogP contribution is -2.44. The van der Waals surface area contributed by atoms with Gasteiger partial charge in [-0.2, -0.15) is 0 Å². The van der Waals surface area contributed by atoms with E-state index in [2.05, 4.69) is 15.6 Å². The minimum absolute atomic E-state index is 0.245. The van der Waals surface area contributed by atoms with E-state index in [4.69, 9.17) is 5.73 Å². The largest absolute Gasteiger partial charge is 0.480 e. The highest BCUT2D eigenvalue weighted by Gasteiger charge is 2.25. The first-order valence-corrected chi connectivity index (χ1v) is 13.5. The molecule has 9 nitrogen and oxygen atoms in total. The Bertz CT molecular complexity index is 1930. The van der Waals surface area contributed by atoms with Gasteiger partial charge in [0, 0.05) is 33.1 Å². The van der Waals surface area contributed by atoms with Crippen LogP contribution >= 0.6 is 0 Å². The van der Waals surface area contributed by atoms with Gasteiger partial charge in [-0.25, -0.2) is 9.18 Å². The van der Waals surface area contributed by atoms with Gasteiger partial charge < -0.3 is 26.5 Å². The number of aliphatic carboxylic acids is 1. The third-order valence-electron chi connectivity index (χ3n) is 7.48. The van der Waals surface area contributed by atoms with Crippen LogP contribution in [0.1, 0.15) is 50.5 Å². The van der Waals surface area contributed by atoms with E-state index in [0.29, 0.717) is 33.1 Å². The first-order valence-electron chi connectivity index (χ1n) is 13.5. The fourth-order valence-electron chi connectivity index (χ4n) is 5.18. The number of anilines is 1. The molecule has 0 saturated carbocycles. The predicted molar refractivity (Wildman–Crippen MR) is 163 cm³/mol. The van der Waals surface area contributed by atoms with Gasteiger partial charge in [-0.05, 0) is 78.1 Å². The van der Waals surface area contributed by atoms with Crippen LogP contribution in [0.3, 0.4) is 0 Å². The SMILES string of the molecule is Cc1c(NC(=O)c2ccc(F)cc2)cccc1-c1ccc(C(N)=O)c2[nH]c3cc(C(=O)NC(C(=O)O)C(C)C)ccc3c12. The maximum absolute atomic E-state index is 13.3. The Balaban J connectivity index is 1.60. The van der Waals surface area contributed by atoms with Crippen molar-refractivity contribution >= 4 is 51.2 Å². The summed E-state index contributed by atoms with van der Waals surface area (Å²) >= 11 is 0. The fraction of sp³-hybridized carbons (Fsp3) is 0.152. The topological polar surface area (TPSA) is 154 Å². The molecular formula is C33H29FN4O5. The molecule has 3 amide bonds. The van der Waals surface area contributed by atoms with Gasteiger partial charge in [0.25, 0.3) is 17.7 Å². The van der Waals surface area contributed by atoms with Crippen LogP contribution in [-0.4, -0.2) is 39.8 Å². The number of fused-ring (bicyclic) bond motifs is 3. The summed E-state index contributed by atoms with van der Waals surface area (Å²) in [7, 11) is 0. The van der Waals surface area contributed by atoms with Crippen LogP contribution in [0.15, 0.2) is 72.8 Å². The lowest BCUT2D eigenvalue weighted by molar-refractivity contribution is -0.140. The van der Waals surface area contributed by atoms with Crippen molar-refractivity contribution in [1.82, 2.24) is 10.3 Å². The summed E-state index contributed by atoms with van der Waals surface area (Å²) in [4.78, 5) is 53.0. The zero-order valence-electron chi connectivity index (χ0n) is 23.6. The van der Waals surface area contributed by atoms with Crippen molar-refractivity contribution in [2.45, 2.75) is 26.8 Å². The van der Waals surface area contributed by atoms with E-state index in [-0.39, 0.29) is 17.0 Å². The number of hydrogen-bond acceptors (Lipinski definition) is 4. The summed E-state index contributed by atoms with van der Waals surface area (Å²) in [6.45, 7) is 5.27.